The Morgan fingerprint density at radius 2 is 1.96 bits per heavy atom. The van der Waals surface area contributed by atoms with E-state index >= 15 is 0 Å². The Balaban J connectivity index is 2.19. The van der Waals surface area contributed by atoms with Crippen LogP contribution in [0, 0.1) is 6.92 Å². The molecule has 0 saturated heterocycles. The van der Waals surface area contributed by atoms with Crippen LogP contribution < -0.4 is 0 Å². The van der Waals surface area contributed by atoms with Crippen molar-refractivity contribution in [3.8, 4) is 0 Å². The second-order valence-corrected chi connectivity index (χ2v) is 7.57. The van der Waals surface area contributed by atoms with Gasteiger partial charge in [-0.05, 0) is 25.1 Å². The van der Waals surface area contributed by atoms with Crippen LogP contribution in [0.5, 0.6) is 0 Å². The first-order valence-corrected chi connectivity index (χ1v) is 8.59. The summed E-state index contributed by atoms with van der Waals surface area (Å²) >= 11 is 5.75. The van der Waals surface area contributed by atoms with Crippen molar-refractivity contribution in [2.24, 2.45) is 0 Å². The minimum absolute atomic E-state index is 0.0638. The number of hydrogen-bond donors (Lipinski definition) is 0. The Labute approximate surface area is 142 Å². The molecule has 0 bridgehead atoms. The molecule has 2 rings (SSSR count). The molecule has 0 unspecified atom stereocenters. The van der Waals surface area contributed by atoms with Crippen LogP contribution in [0.25, 0.3) is 0 Å². The van der Waals surface area contributed by atoms with Crippen LogP contribution in [0.2, 0.25) is 5.02 Å². The molecule has 1 aromatic heterocycles. The van der Waals surface area contributed by atoms with Crippen molar-refractivity contribution < 1.29 is 26.1 Å². The van der Waals surface area contributed by atoms with E-state index in [2.05, 4.69) is 5.16 Å². The zero-order chi connectivity index (χ0) is 18.1. The van der Waals surface area contributed by atoms with Crippen molar-refractivity contribution in [1.82, 2.24) is 9.46 Å². The van der Waals surface area contributed by atoms with Gasteiger partial charge >= 0.3 is 6.18 Å². The topological polar surface area (TPSA) is 63.4 Å². The minimum atomic E-state index is -4.60. The number of aromatic nitrogens is 1. The molecule has 1 aromatic carbocycles. The zero-order valence-corrected chi connectivity index (χ0v) is 14.3. The quantitative estimate of drug-likeness (QED) is 0.793. The van der Waals surface area contributed by atoms with Crippen molar-refractivity contribution in [3.05, 3.63) is 46.3 Å². The van der Waals surface area contributed by atoms with Gasteiger partial charge in [0.15, 0.2) is 0 Å². The van der Waals surface area contributed by atoms with E-state index in [0.717, 1.165) is 10.4 Å². The Morgan fingerprint density at radius 1 is 1.29 bits per heavy atom. The summed E-state index contributed by atoms with van der Waals surface area (Å²) < 4.78 is 68.8. The first-order valence-electron chi connectivity index (χ1n) is 6.77. The van der Waals surface area contributed by atoms with E-state index in [1.165, 1.54) is 7.05 Å². The number of alkyl halides is 3. The highest BCUT2D eigenvalue weighted by Gasteiger charge is 2.32. The highest BCUT2D eigenvalue weighted by atomic mass is 35.5. The summed E-state index contributed by atoms with van der Waals surface area (Å²) in [6, 6.07) is 3.82. The van der Waals surface area contributed by atoms with Gasteiger partial charge in [-0.25, -0.2) is 12.7 Å². The van der Waals surface area contributed by atoms with E-state index in [9.17, 15) is 21.6 Å². The first-order chi connectivity index (χ1) is 11.0. The second kappa shape index (κ2) is 6.73. The predicted octanol–water partition coefficient (Wildman–Crippen LogP) is 3.52. The molecule has 0 aliphatic carbocycles. The zero-order valence-electron chi connectivity index (χ0n) is 12.8. The van der Waals surface area contributed by atoms with Crippen LogP contribution in [0.1, 0.15) is 17.0 Å². The van der Waals surface area contributed by atoms with Crippen molar-refractivity contribution in [2.75, 3.05) is 13.6 Å². The fourth-order valence-corrected chi connectivity index (χ4v) is 3.66. The molecule has 5 nitrogen and oxygen atoms in total. The number of halogens is 4. The van der Waals surface area contributed by atoms with Gasteiger partial charge in [0.05, 0.1) is 16.3 Å². The largest absolute Gasteiger partial charge is 0.416 e. The van der Waals surface area contributed by atoms with E-state index in [1.807, 2.05) is 0 Å². The molecule has 0 N–H and O–H groups in total. The van der Waals surface area contributed by atoms with Crippen molar-refractivity contribution in [3.63, 3.8) is 0 Å². The van der Waals surface area contributed by atoms with Crippen LogP contribution in [0.15, 0.2) is 33.7 Å². The van der Waals surface area contributed by atoms with Crippen molar-refractivity contribution in [2.45, 2.75) is 24.4 Å². The molecule has 0 saturated carbocycles. The van der Waals surface area contributed by atoms with Crippen molar-refractivity contribution in [1.29, 1.82) is 0 Å². The van der Waals surface area contributed by atoms with E-state index in [-0.39, 0.29) is 17.9 Å². The number of likely N-dealkylation sites (N-methyl/N-ethyl adjacent to an activating group) is 1. The lowest BCUT2D eigenvalue weighted by Crippen LogP contribution is -2.29. The molecule has 24 heavy (non-hydrogen) atoms. The molecule has 0 atom stereocenters. The van der Waals surface area contributed by atoms with Gasteiger partial charge in [-0.3, -0.25) is 0 Å². The molecule has 132 valence electrons. The normalized spacial score (nSPS) is 12.8. The van der Waals surface area contributed by atoms with Gasteiger partial charge in [0.2, 0.25) is 10.0 Å². The van der Waals surface area contributed by atoms with E-state index in [1.54, 1.807) is 13.0 Å². The van der Waals surface area contributed by atoms with E-state index < -0.39 is 26.8 Å². The second-order valence-electron chi connectivity index (χ2n) is 5.15. The molecule has 0 spiro atoms. The van der Waals surface area contributed by atoms with Crippen LogP contribution in [-0.2, 0) is 22.6 Å². The average molecular weight is 383 g/mol. The fraction of sp³-hybridized carbons (Fsp3) is 0.357. The van der Waals surface area contributed by atoms with Gasteiger partial charge in [-0.2, -0.15) is 13.2 Å². The Hall–Kier alpha value is -1.58. The highest BCUT2D eigenvalue weighted by Crippen LogP contribution is 2.34. The SMILES string of the molecule is Cc1cc(CCN(C)S(=O)(=O)c2ccc(C(F)(F)F)cc2Cl)on1. The molecule has 0 fully saturated rings. The minimum Gasteiger partial charge on any atom is -0.361 e. The number of nitrogens with zero attached hydrogens (tertiary/aromatic N) is 2. The number of sulfonamides is 1. The third kappa shape index (κ3) is 4.08. The van der Waals surface area contributed by atoms with Crippen molar-refractivity contribution >= 4 is 21.6 Å². The summed E-state index contributed by atoms with van der Waals surface area (Å²) in [7, 11) is -2.71. The summed E-state index contributed by atoms with van der Waals surface area (Å²) in [6.45, 7) is 1.80. The van der Waals surface area contributed by atoms with Gasteiger partial charge < -0.3 is 4.52 Å². The molecular formula is C14H14ClF3N2O3S. The molecule has 0 aliphatic heterocycles. The fourth-order valence-electron chi connectivity index (χ4n) is 1.98. The Bertz CT molecular complexity index is 834. The van der Waals surface area contributed by atoms with Crippen LogP contribution >= 0.6 is 11.6 Å². The number of hydrogen-bond acceptors (Lipinski definition) is 4. The molecule has 0 amide bonds. The first kappa shape index (κ1) is 18.8. The number of rotatable bonds is 5. The molecule has 2 aromatic rings. The van der Waals surface area contributed by atoms with Gasteiger partial charge in [-0.1, -0.05) is 16.8 Å². The third-order valence-electron chi connectivity index (χ3n) is 3.30. The summed E-state index contributed by atoms with van der Waals surface area (Å²) in [5.74, 6) is 0.507. The number of aryl methyl sites for hydroxylation is 1. The number of benzene rings is 1. The van der Waals surface area contributed by atoms with E-state index in [0.29, 0.717) is 23.6 Å². The summed E-state index contributed by atoms with van der Waals surface area (Å²) in [6.07, 6.45) is -4.32. The summed E-state index contributed by atoms with van der Waals surface area (Å²) in [5, 5.41) is 3.21. The predicted molar refractivity (Wildman–Crippen MR) is 81.2 cm³/mol. The lowest BCUT2D eigenvalue weighted by Gasteiger charge is -2.18. The highest BCUT2D eigenvalue weighted by molar-refractivity contribution is 7.89. The molecular weight excluding hydrogens is 369 g/mol. The monoisotopic (exact) mass is 382 g/mol. The molecule has 1 heterocycles. The standard InChI is InChI=1S/C14H14ClF3N2O3S/c1-9-7-11(23-19-9)5-6-20(2)24(21,22)13-4-3-10(8-12(13)15)14(16,17)18/h3-4,7-8H,5-6H2,1-2H3. The van der Waals surface area contributed by atoms with Gasteiger partial charge in [0.1, 0.15) is 10.7 Å². The Kier molecular flexibility index (Phi) is 5.26. The van der Waals surface area contributed by atoms with Gasteiger partial charge in [0.25, 0.3) is 0 Å². The molecule has 10 heteroatoms. The summed E-state index contributed by atoms with van der Waals surface area (Å²) in [4.78, 5) is -0.381. The lowest BCUT2D eigenvalue weighted by atomic mass is 10.2. The smallest absolute Gasteiger partial charge is 0.361 e. The van der Waals surface area contributed by atoms with Crippen LogP contribution in [-0.4, -0.2) is 31.5 Å². The molecule has 0 aliphatic rings. The van der Waals surface area contributed by atoms with Gasteiger partial charge in [0, 0.05) is 26.1 Å². The maximum Gasteiger partial charge on any atom is 0.416 e. The third-order valence-corrected chi connectivity index (χ3v) is 5.64. The lowest BCUT2D eigenvalue weighted by molar-refractivity contribution is -0.137. The van der Waals surface area contributed by atoms with Gasteiger partial charge in [-0.15, -0.1) is 0 Å². The van der Waals surface area contributed by atoms with Crippen LogP contribution in [0.3, 0.4) is 0 Å². The maximum absolute atomic E-state index is 12.6. The maximum atomic E-state index is 12.6. The summed E-state index contributed by atoms with van der Waals surface area (Å²) in [5.41, 5.74) is -0.340. The van der Waals surface area contributed by atoms with E-state index in [4.69, 9.17) is 16.1 Å². The molecule has 0 radical (unpaired) electrons. The van der Waals surface area contributed by atoms with Crippen LogP contribution in [0.4, 0.5) is 13.2 Å². The average Bonchev–Trinajstić information content (AvgIpc) is 2.89. The Morgan fingerprint density at radius 3 is 2.46 bits per heavy atom.